The van der Waals surface area contributed by atoms with Gasteiger partial charge in [-0.15, -0.1) is 0 Å². The Hall–Kier alpha value is -9.12. The number of rotatable bonds is 12. The smallest absolute Gasteiger partial charge is 0.243 e. The molecule has 4 heterocycles. The molecule has 0 amide bonds. The maximum absolute atomic E-state index is 14.3. The van der Waals surface area contributed by atoms with Crippen LogP contribution in [-0.2, 0) is 25.6 Å². The van der Waals surface area contributed by atoms with E-state index in [0.29, 0.717) is 46.4 Å². The van der Waals surface area contributed by atoms with Crippen LogP contribution in [0, 0.1) is 50.4 Å². The van der Waals surface area contributed by atoms with Gasteiger partial charge in [-0.25, -0.2) is 20.0 Å². The van der Waals surface area contributed by atoms with Gasteiger partial charge in [0.1, 0.15) is 22.1 Å². The molecule has 6 aromatic carbocycles. The fraction of sp³-hybridized carbons (Fsp3) is 0.235. The van der Waals surface area contributed by atoms with Gasteiger partial charge in [0, 0.05) is 81.3 Å². The van der Waals surface area contributed by atoms with Crippen molar-refractivity contribution in [3.05, 3.63) is 180 Å². The molecule has 14 rings (SSSR count). The fourth-order valence-electron chi connectivity index (χ4n) is 13.0. The van der Waals surface area contributed by atoms with E-state index in [4.69, 9.17) is 20.0 Å². The molecule has 414 valence electrons. The summed E-state index contributed by atoms with van der Waals surface area (Å²) in [5.74, 6) is -1.74. The Morgan fingerprint density at radius 1 is 0.440 bits per heavy atom. The highest BCUT2D eigenvalue weighted by molar-refractivity contribution is 7.00. The van der Waals surface area contributed by atoms with Crippen LogP contribution in [0.2, 0.25) is 0 Å². The lowest BCUT2D eigenvalue weighted by atomic mass is 9.73. The maximum Gasteiger partial charge on any atom is 0.243 e. The average Bonchev–Trinajstić information content (AvgIpc) is 4.45. The minimum atomic E-state index is -0.491. The molecule has 4 aliphatic rings. The molecule has 4 aliphatic carbocycles. The van der Waals surface area contributed by atoms with Crippen LogP contribution >= 0.6 is 23.5 Å². The van der Waals surface area contributed by atoms with Gasteiger partial charge in [0.15, 0.2) is 28.9 Å². The predicted molar refractivity (Wildman–Crippen MR) is 333 cm³/mol. The first-order valence-electron chi connectivity index (χ1n) is 28.7. The zero-order chi connectivity index (χ0) is 57.2. The van der Waals surface area contributed by atoms with Crippen LogP contribution in [0.4, 0.5) is 45.8 Å². The number of ketones is 4. The van der Waals surface area contributed by atoms with Crippen molar-refractivity contribution >= 4 is 126 Å². The van der Waals surface area contributed by atoms with Crippen LogP contribution < -0.4 is 9.80 Å². The molecule has 0 aliphatic heterocycles. The number of carbonyl (C=O) groups excluding carboxylic acids is 4. The number of anilines is 6. The van der Waals surface area contributed by atoms with Crippen LogP contribution in [0.5, 0.6) is 0 Å². The van der Waals surface area contributed by atoms with Crippen molar-refractivity contribution < 1.29 is 19.2 Å². The van der Waals surface area contributed by atoms with E-state index in [9.17, 15) is 19.2 Å². The molecule has 0 saturated heterocycles. The molecule has 16 heteroatoms. The first-order valence-corrected chi connectivity index (χ1v) is 30.1. The summed E-state index contributed by atoms with van der Waals surface area (Å²) in [6.07, 6.45) is 9.70. The molecule has 0 spiro atoms. The molecule has 10 aromatic rings. The minimum Gasteiger partial charge on any atom is -0.311 e. The van der Waals surface area contributed by atoms with Crippen molar-refractivity contribution in [3.63, 3.8) is 0 Å². The van der Waals surface area contributed by atoms with E-state index < -0.39 is 17.6 Å². The number of Topliss-reactive ketones (excluding diaryl/α,β-unsaturated/α-hetero) is 4. The van der Waals surface area contributed by atoms with Gasteiger partial charge in [-0.05, 0) is 155 Å². The summed E-state index contributed by atoms with van der Waals surface area (Å²) < 4.78 is 18.5. The van der Waals surface area contributed by atoms with E-state index in [2.05, 4.69) is 194 Å². The molecule has 4 aromatic heterocycles. The number of fused-ring (bicyclic) bond motifs is 4. The molecule has 4 saturated carbocycles. The molecule has 5 atom stereocenters. The fourth-order valence-corrected chi connectivity index (χ4v) is 14.1. The van der Waals surface area contributed by atoms with E-state index in [1.54, 1.807) is 12.4 Å². The third-order valence-corrected chi connectivity index (χ3v) is 18.5. The Bertz CT molecular complexity index is 4250. The topological polar surface area (TPSA) is 177 Å². The highest BCUT2D eigenvalue weighted by atomic mass is 32.1. The number of aromatic nitrogens is 6. The third-order valence-electron chi connectivity index (χ3n) is 17.5. The highest BCUT2D eigenvalue weighted by Crippen LogP contribution is 2.45. The lowest BCUT2D eigenvalue weighted by Crippen LogP contribution is -2.28. The highest BCUT2D eigenvalue weighted by Gasteiger charge is 2.50. The van der Waals surface area contributed by atoms with Gasteiger partial charge in [-0.2, -0.15) is 17.5 Å². The number of benzene rings is 6. The quantitative estimate of drug-likeness (QED) is 0.106. The summed E-state index contributed by atoms with van der Waals surface area (Å²) in [6, 6.07) is 50.6. The largest absolute Gasteiger partial charge is 0.311 e. The van der Waals surface area contributed by atoms with Crippen LogP contribution in [0.1, 0.15) is 67.2 Å². The Labute approximate surface area is 493 Å². The Morgan fingerprint density at radius 3 is 1.33 bits per heavy atom. The van der Waals surface area contributed by atoms with Crippen molar-refractivity contribution in [1.82, 2.24) is 27.5 Å². The lowest BCUT2D eigenvalue weighted by Gasteiger charge is -2.30. The van der Waals surface area contributed by atoms with Crippen molar-refractivity contribution in [2.24, 2.45) is 39.6 Å². The van der Waals surface area contributed by atoms with Crippen LogP contribution in [0.15, 0.2) is 168 Å². The zero-order valence-corrected chi connectivity index (χ0v) is 48.1. The van der Waals surface area contributed by atoms with Crippen LogP contribution in [0.3, 0.4) is 0 Å². The number of nitrogens with zero attached hydrogens (tertiary/aromatic N) is 10. The number of hydrogen-bond donors (Lipinski definition) is 0. The first-order chi connectivity index (χ1) is 41.0. The number of pyridine rings is 2. The summed E-state index contributed by atoms with van der Waals surface area (Å²) in [5.41, 5.74) is 16.6. The standard InChI is InChI=1S/C68H56N10O4S2/c1-38-8-21-45(22-9-38)77(46-23-10-39(2)11-24-46)49-29-17-44(18-30-49)56-37-70-68(61-58(56)74-84-76-61)72-62-63(79)53-33-16-42(35-54(53)64(62)80)34-41-14-27-48(28-15-41)78(47-25-12-40(3)13-26-47)50-31-19-43(20-32-50)55-36-69-67(60-57(55)73-83-75-60)71-59-51-6-4-5-7-52(51)65(81)66(59)82/h8-15,17-32,36-37,42,51-54H,4-7,16,33-35H2,1-3H3. The van der Waals surface area contributed by atoms with E-state index in [0.717, 1.165) is 129 Å². The molecule has 0 radical (unpaired) electrons. The second kappa shape index (κ2) is 21.9. The summed E-state index contributed by atoms with van der Waals surface area (Å²) in [6.45, 7) is 6.25. The molecule has 5 unspecified atom stereocenters. The van der Waals surface area contributed by atoms with Gasteiger partial charge < -0.3 is 9.80 Å². The van der Waals surface area contributed by atoms with Gasteiger partial charge in [0.05, 0.1) is 29.2 Å². The maximum atomic E-state index is 14.3. The third kappa shape index (κ3) is 9.71. The number of aryl methyl sites for hydroxylation is 3. The van der Waals surface area contributed by atoms with Crippen molar-refractivity contribution in [3.8, 4) is 22.3 Å². The van der Waals surface area contributed by atoms with E-state index in [1.807, 2.05) is 0 Å². The van der Waals surface area contributed by atoms with Crippen molar-refractivity contribution in [1.29, 1.82) is 0 Å². The Kier molecular flexibility index (Phi) is 13.8. The minimum absolute atomic E-state index is 0.0338. The molecular weight excluding hydrogens is 1080 g/mol. The van der Waals surface area contributed by atoms with Gasteiger partial charge in [0.2, 0.25) is 11.6 Å². The summed E-state index contributed by atoms with van der Waals surface area (Å²) in [4.78, 5) is 77.6. The van der Waals surface area contributed by atoms with Crippen LogP contribution in [0.25, 0.3) is 44.3 Å². The zero-order valence-electron chi connectivity index (χ0n) is 46.5. The second-order valence-electron chi connectivity index (χ2n) is 22.8. The SMILES string of the molecule is Cc1ccc(N(c2ccc(C)cc2)c2ccc(-c3cnc(N=C4C(=O)C5CCC(Cc6ccc(N(c7ccc(C)cc7)c7ccc(-c8cnc(N=C9C(=O)C(=O)C%10CCCCC9%10)c9nsnc89)cc7)cc6)CC5C4=O)c4nsnc34)cc2)cc1. The van der Waals surface area contributed by atoms with E-state index in [1.165, 1.54) is 11.1 Å². The summed E-state index contributed by atoms with van der Waals surface area (Å²) in [7, 11) is 0. The van der Waals surface area contributed by atoms with E-state index in [-0.39, 0.29) is 46.6 Å². The summed E-state index contributed by atoms with van der Waals surface area (Å²) in [5, 5.41) is 0. The van der Waals surface area contributed by atoms with Crippen molar-refractivity contribution in [2.75, 3.05) is 9.80 Å². The van der Waals surface area contributed by atoms with Gasteiger partial charge in [0.25, 0.3) is 0 Å². The number of hydrogen-bond acceptors (Lipinski definition) is 16. The van der Waals surface area contributed by atoms with Crippen LogP contribution in [-0.4, -0.2) is 62.0 Å². The average molecular weight is 1140 g/mol. The van der Waals surface area contributed by atoms with Gasteiger partial charge in [-0.1, -0.05) is 102 Å². The molecule has 0 N–H and O–H groups in total. The predicted octanol–water partition coefficient (Wildman–Crippen LogP) is 15.2. The molecule has 84 heavy (non-hydrogen) atoms. The van der Waals surface area contributed by atoms with Crippen molar-refractivity contribution in [2.45, 2.75) is 72.1 Å². The Morgan fingerprint density at radius 2 is 0.845 bits per heavy atom. The molecule has 0 bridgehead atoms. The monoisotopic (exact) mass is 1140 g/mol. The van der Waals surface area contributed by atoms with Gasteiger partial charge in [-0.3, -0.25) is 19.2 Å². The Balaban J connectivity index is 0.669. The molecule has 14 nitrogen and oxygen atoms in total. The second-order valence-corrected chi connectivity index (χ2v) is 23.9. The van der Waals surface area contributed by atoms with E-state index >= 15 is 0 Å². The van der Waals surface area contributed by atoms with Gasteiger partial charge >= 0.3 is 0 Å². The normalized spacial score (nSPS) is 20.5. The number of aliphatic imine (C=N–C) groups is 2. The number of carbonyl (C=O) groups is 4. The molecule has 4 fully saturated rings. The summed E-state index contributed by atoms with van der Waals surface area (Å²) >= 11 is 2.13. The molecular formula is C68H56N10O4S2. The first kappa shape index (κ1) is 52.9. The lowest BCUT2D eigenvalue weighted by molar-refractivity contribution is -0.134.